The van der Waals surface area contributed by atoms with Gasteiger partial charge in [0, 0.05) is 5.56 Å². The second-order valence-corrected chi connectivity index (χ2v) is 7.56. The number of halogens is 6. The molecule has 3 rings (SSSR count). The van der Waals surface area contributed by atoms with Crippen molar-refractivity contribution < 1.29 is 51.5 Å². The normalized spacial score (nSPS) is 26.4. The Hall–Kier alpha value is -2.32. The van der Waals surface area contributed by atoms with Gasteiger partial charge in [0.15, 0.2) is 5.69 Å². The maximum Gasteiger partial charge on any atom is 0.434 e. The topological polar surface area (TPSA) is 116 Å². The van der Waals surface area contributed by atoms with Crippen molar-refractivity contribution >= 4 is 0 Å². The third kappa shape index (κ3) is 5.61. The van der Waals surface area contributed by atoms with Gasteiger partial charge in [-0.15, -0.1) is 0 Å². The van der Waals surface area contributed by atoms with Crippen molar-refractivity contribution in [2.24, 2.45) is 0 Å². The van der Waals surface area contributed by atoms with E-state index in [1.54, 1.807) is 0 Å². The van der Waals surface area contributed by atoms with Gasteiger partial charge in [-0.1, -0.05) is 12.1 Å². The summed E-state index contributed by atoms with van der Waals surface area (Å²) in [5.74, 6) is 0. The first-order valence-corrected chi connectivity index (χ1v) is 9.73. The summed E-state index contributed by atoms with van der Waals surface area (Å²) in [7, 11) is 0. The fourth-order valence-corrected chi connectivity index (χ4v) is 3.56. The van der Waals surface area contributed by atoms with Gasteiger partial charge in [0.1, 0.15) is 24.4 Å². The van der Waals surface area contributed by atoms with E-state index in [-0.39, 0.29) is 29.7 Å². The molecule has 182 valence electrons. The van der Waals surface area contributed by atoms with E-state index in [9.17, 15) is 46.8 Å². The largest absolute Gasteiger partial charge is 0.434 e. The molecule has 4 N–H and O–H groups in total. The van der Waals surface area contributed by atoms with Gasteiger partial charge in [0.25, 0.3) is 0 Å². The molecule has 1 aromatic carbocycles. The SMILES string of the molecule is OC[C@H]1O[C@H](CCc2ccc(-c3cnc(C(F)(F)F)cn3)cc2C(F)(F)F)[C@@H](O)[C@@H](O)[C@@H]1O. The molecule has 0 bridgehead atoms. The summed E-state index contributed by atoms with van der Waals surface area (Å²) in [6.07, 6.45) is -16.0. The van der Waals surface area contributed by atoms with Crippen LogP contribution in [0.25, 0.3) is 11.3 Å². The van der Waals surface area contributed by atoms with Crippen LogP contribution >= 0.6 is 0 Å². The number of aliphatic hydroxyl groups excluding tert-OH is 4. The number of rotatable bonds is 5. The van der Waals surface area contributed by atoms with Crippen LogP contribution in [0.3, 0.4) is 0 Å². The molecule has 7 nitrogen and oxygen atoms in total. The van der Waals surface area contributed by atoms with Gasteiger partial charge in [-0.25, -0.2) is 4.98 Å². The minimum absolute atomic E-state index is 0.0971. The quantitative estimate of drug-likeness (QED) is 0.482. The van der Waals surface area contributed by atoms with E-state index in [0.717, 1.165) is 18.3 Å². The number of aryl methyl sites for hydroxylation is 1. The van der Waals surface area contributed by atoms with Gasteiger partial charge in [-0.3, -0.25) is 4.98 Å². The smallest absolute Gasteiger partial charge is 0.394 e. The van der Waals surface area contributed by atoms with Crippen molar-refractivity contribution in [1.82, 2.24) is 9.97 Å². The van der Waals surface area contributed by atoms with Crippen molar-refractivity contribution in [3.05, 3.63) is 47.4 Å². The first kappa shape index (κ1) is 25.3. The van der Waals surface area contributed by atoms with Gasteiger partial charge >= 0.3 is 12.4 Å². The minimum Gasteiger partial charge on any atom is -0.394 e. The monoisotopic (exact) mass is 482 g/mol. The molecule has 1 fully saturated rings. The van der Waals surface area contributed by atoms with Crippen LogP contribution in [0.2, 0.25) is 0 Å². The summed E-state index contributed by atoms with van der Waals surface area (Å²) in [6, 6.07) is 3.11. The molecule has 0 aliphatic carbocycles. The highest BCUT2D eigenvalue weighted by atomic mass is 19.4. The molecular formula is C20H20F6N2O5. The van der Waals surface area contributed by atoms with Crippen LogP contribution in [0.15, 0.2) is 30.6 Å². The molecule has 0 unspecified atom stereocenters. The van der Waals surface area contributed by atoms with E-state index in [1.807, 2.05) is 0 Å². The third-order valence-electron chi connectivity index (χ3n) is 5.34. The average molecular weight is 482 g/mol. The molecule has 1 aliphatic heterocycles. The summed E-state index contributed by atoms with van der Waals surface area (Å²) in [4.78, 5) is 6.75. The number of ether oxygens (including phenoxy) is 1. The van der Waals surface area contributed by atoms with E-state index < -0.39 is 60.7 Å². The number of aliphatic hydroxyl groups is 4. The van der Waals surface area contributed by atoms with Crippen LogP contribution in [0.1, 0.15) is 23.2 Å². The lowest BCUT2D eigenvalue weighted by Crippen LogP contribution is -2.58. The Bertz CT molecular complexity index is 951. The highest BCUT2D eigenvalue weighted by Crippen LogP contribution is 2.36. The fourth-order valence-electron chi connectivity index (χ4n) is 3.56. The van der Waals surface area contributed by atoms with E-state index >= 15 is 0 Å². The van der Waals surface area contributed by atoms with Gasteiger partial charge in [0.05, 0.1) is 36.4 Å². The summed E-state index contributed by atoms with van der Waals surface area (Å²) in [5, 5.41) is 38.9. The highest BCUT2D eigenvalue weighted by molar-refractivity contribution is 5.60. The van der Waals surface area contributed by atoms with Crippen molar-refractivity contribution in [2.45, 2.75) is 55.7 Å². The fraction of sp³-hybridized carbons (Fsp3) is 0.500. The van der Waals surface area contributed by atoms with Gasteiger partial charge in [-0.2, -0.15) is 26.3 Å². The number of hydrogen-bond acceptors (Lipinski definition) is 7. The van der Waals surface area contributed by atoms with Crippen molar-refractivity contribution in [2.75, 3.05) is 6.61 Å². The lowest BCUT2D eigenvalue weighted by molar-refractivity contribution is -0.230. The lowest BCUT2D eigenvalue weighted by atomic mass is 9.90. The van der Waals surface area contributed by atoms with Crippen LogP contribution in [-0.4, -0.2) is 67.5 Å². The molecular weight excluding hydrogens is 462 g/mol. The molecule has 13 heteroatoms. The van der Waals surface area contributed by atoms with Crippen LogP contribution in [0.4, 0.5) is 26.3 Å². The Labute approximate surface area is 183 Å². The highest BCUT2D eigenvalue weighted by Gasteiger charge is 2.43. The van der Waals surface area contributed by atoms with Crippen molar-refractivity contribution in [3.63, 3.8) is 0 Å². The Morgan fingerprint density at radius 3 is 2.06 bits per heavy atom. The third-order valence-corrected chi connectivity index (χ3v) is 5.34. The predicted molar refractivity (Wildman–Crippen MR) is 99.6 cm³/mol. The number of hydrogen-bond donors (Lipinski definition) is 4. The summed E-state index contributed by atoms with van der Waals surface area (Å²) in [6.45, 7) is -0.669. The maximum atomic E-state index is 13.7. The summed E-state index contributed by atoms with van der Waals surface area (Å²) < 4.78 is 84.2. The molecule has 1 aromatic heterocycles. The van der Waals surface area contributed by atoms with Gasteiger partial charge in [-0.05, 0) is 24.5 Å². The Balaban J connectivity index is 1.83. The summed E-state index contributed by atoms with van der Waals surface area (Å²) in [5.41, 5.74) is -2.82. The van der Waals surface area contributed by atoms with Crippen LogP contribution in [0.5, 0.6) is 0 Å². The molecule has 2 aromatic rings. The van der Waals surface area contributed by atoms with E-state index in [2.05, 4.69) is 9.97 Å². The number of aromatic nitrogens is 2. The van der Waals surface area contributed by atoms with Crippen LogP contribution in [0, 0.1) is 0 Å². The second kappa shape index (κ2) is 9.50. The van der Waals surface area contributed by atoms with Gasteiger partial charge in [0.2, 0.25) is 0 Å². The van der Waals surface area contributed by atoms with E-state index in [4.69, 9.17) is 4.74 Å². The van der Waals surface area contributed by atoms with E-state index in [1.165, 1.54) is 6.07 Å². The van der Waals surface area contributed by atoms with Crippen molar-refractivity contribution in [1.29, 1.82) is 0 Å². The summed E-state index contributed by atoms with van der Waals surface area (Å²) >= 11 is 0. The minimum atomic E-state index is -4.81. The Kier molecular flexibility index (Phi) is 7.29. The standard InChI is InChI=1S/C20H20F6N2O5/c21-19(22,23)11-5-10(12-6-28-15(7-27-12)20(24,25)26)2-1-9(11)3-4-13-16(30)18(32)17(31)14(8-29)33-13/h1-2,5-7,13-14,16-18,29-32H,3-4,8H2/t13-,14-,16-,17-,18-/m1/s1. The number of alkyl halides is 6. The molecule has 33 heavy (non-hydrogen) atoms. The van der Waals surface area contributed by atoms with E-state index in [0.29, 0.717) is 6.20 Å². The zero-order chi connectivity index (χ0) is 24.6. The molecule has 5 atom stereocenters. The Morgan fingerprint density at radius 1 is 0.848 bits per heavy atom. The zero-order valence-electron chi connectivity index (χ0n) is 16.8. The first-order chi connectivity index (χ1) is 15.3. The molecule has 0 radical (unpaired) electrons. The number of benzene rings is 1. The molecule has 0 amide bonds. The zero-order valence-corrected chi connectivity index (χ0v) is 16.8. The Morgan fingerprint density at radius 2 is 1.52 bits per heavy atom. The molecule has 0 saturated carbocycles. The molecule has 0 spiro atoms. The first-order valence-electron chi connectivity index (χ1n) is 9.73. The second-order valence-electron chi connectivity index (χ2n) is 7.56. The van der Waals surface area contributed by atoms with Crippen LogP contribution in [-0.2, 0) is 23.5 Å². The van der Waals surface area contributed by atoms with Crippen LogP contribution < -0.4 is 0 Å². The predicted octanol–water partition coefficient (Wildman–Crippen LogP) is 1.96. The molecule has 1 aliphatic rings. The van der Waals surface area contributed by atoms with Crippen molar-refractivity contribution in [3.8, 4) is 11.3 Å². The lowest BCUT2D eigenvalue weighted by Gasteiger charge is -2.40. The maximum absolute atomic E-state index is 13.7. The molecule has 2 heterocycles. The van der Waals surface area contributed by atoms with Gasteiger partial charge < -0.3 is 25.2 Å². The molecule has 1 saturated heterocycles. The average Bonchev–Trinajstić information content (AvgIpc) is 2.76. The number of nitrogens with zero attached hydrogens (tertiary/aromatic N) is 2.